The van der Waals surface area contributed by atoms with Gasteiger partial charge in [0.1, 0.15) is 4.64 Å². The lowest BCUT2D eigenvalue weighted by Crippen LogP contribution is -2.36. The Morgan fingerprint density at radius 1 is 1.39 bits per heavy atom. The molecule has 0 aliphatic carbocycles. The number of pyridine rings is 1. The topological polar surface area (TPSA) is 72.4 Å². The van der Waals surface area contributed by atoms with E-state index in [1.165, 1.54) is 4.73 Å². The maximum atomic E-state index is 11.8. The fourth-order valence-electron chi connectivity index (χ4n) is 2.90. The predicted octanol–water partition coefficient (Wildman–Crippen LogP) is 1.90. The highest BCUT2D eigenvalue weighted by Gasteiger charge is 2.42. The van der Waals surface area contributed by atoms with E-state index in [2.05, 4.69) is 10.6 Å². The number of carbonyl (C=O) groups is 2. The van der Waals surface area contributed by atoms with Gasteiger partial charge in [-0.05, 0) is 25.0 Å². The van der Waals surface area contributed by atoms with Gasteiger partial charge in [0.15, 0.2) is 0 Å². The Balaban J connectivity index is 1.37. The number of thioether (sulfide) groups is 1. The summed E-state index contributed by atoms with van der Waals surface area (Å²) in [7, 11) is 0. The van der Waals surface area contributed by atoms with Crippen molar-refractivity contribution >= 4 is 36.0 Å². The first-order valence-electron chi connectivity index (χ1n) is 7.71. The molecule has 2 saturated heterocycles. The van der Waals surface area contributed by atoms with Crippen molar-refractivity contribution in [3.05, 3.63) is 29.0 Å². The van der Waals surface area contributed by atoms with E-state index in [9.17, 15) is 9.59 Å². The van der Waals surface area contributed by atoms with E-state index in [4.69, 9.17) is 17.1 Å². The number of aromatic nitrogens is 1. The van der Waals surface area contributed by atoms with Gasteiger partial charge in [-0.15, -0.1) is 0 Å². The molecule has 2 amide bonds. The van der Waals surface area contributed by atoms with Crippen LogP contribution in [-0.4, -0.2) is 39.8 Å². The number of rotatable bonds is 6. The zero-order chi connectivity index (χ0) is 16.2. The van der Waals surface area contributed by atoms with E-state index in [0.29, 0.717) is 16.3 Å². The molecular weight excluding hydrogens is 334 g/mol. The lowest BCUT2D eigenvalue weighted by molar-refractivity contribution is -0.144. The molecule has 6 nitrogen and oxygen atoms in total. The maximum Gasteiger partial charge on any atom is 0.332 e. The lowest BCUT2D eigenvalue weighted by atomic mass is 10.0. The summed E-state index contributed by atoms with van der Waals surface area (Å²) in [5.41, 5.74) is 0. The van der Waals surface area contributed by atoms with Crippen LogP contribution in [0.1, 0.15) is 25.7 Å². The molecule has 1 aromatic rings. The number of nitrogens with zero attached hydrogens (tertiary/aromatic N) is 1. The Morgan fingerprint density at radius 3 is 3.09 bits per heavy atom. The maximum absolute atomic E-state index is 11.8. The average molecular weight is 353 g/mol. The van der Waals surface area contributed by atoms with Crippen LogP contribution < -0.4 is 15.5 Å². The van der Waals surface area contributed by atoms with Crippen LogP contribution >= 0.6 is 24.0 Å². The van der Waals surface area contributed by atoms with Gasteiger partial charge in [0.05, 0.1) is 12.1 Å². The minimum Gasteiger partial charge on any atom is -0.336 e. The molecule has 3 heterocycles. The zero-order valence-corrected chi connectivity index (χ0v) is 14.2. The molecule has 124 valence electrons. The van der Waals surface area contributed by atoms with Crippen molar-refractivity contribution in [2.45, 2.75) is 43.0 Å². The summed E-state index contributed by atoms with van der Waals surface area (Å²) in [6, 6.07) is 5.69. The fraction of sp³-hybridized carbons (Fsp3) is 0.533. The summed E-state index contributed by atoms with van der Waals surface area (Å²) >= 11 is 6.96. The molecule has 1 aromatic heterocycles. The molecule has 2 N–H and O–H groups in total. The second kappa shape index (κ2) is 7.35. The second-order valence-electron chi connectivity index (χ2n) is 5.70. The van der Waals surface area contributed by atoms with Gasteiger partial charge in [0.25, 0.3) is 0 Å². The van der Waals surface area contributed by atoms with Crippen molar-refractivity contribution < 1.29 is 14.4 Å². The largest absolute Gasteiger partial charge is 0.336 e. The van der Waals surface area contributed by atoms with E-state index >= 15 is 0 Å². The van der Waals surface area contributed by atoms with Crippen LogP contribution in [-0.2, 0) is 4.79 Å². The van der Waals surface area contributed by atoms with Gasteiger partial charge in [-0.1, -0.05) is 24.7 Å². The van der Waals surface area contributed by atoms with Crippen LogP contribution in [0.25, 0.3) is 0 Å². The monoisotopic (exact) mass is 353 g/mol. The molecule has 0 bridgehead atoms. The molecule has 0 radical (unpaired) electrons. The minimum atomic E-state index is -0.278. The molecule has 3 atom stereocenters. The van der Waals surface area contributed by atoms with Gasteiger partial charge in [-0.2, -0.15) is 16.5 Å². The molecule has 0 spiro atoms. The molecule has 2 aliphatic heterocycles. The van der Waals surface area contributed by atoms with Gasteiger partial charge in [-0.25, -0.2) is 9.59 Å². The lowest BCUT2D eigenvalue weighted by Gasteiger charge is -2.16. The van der Waals surface area contributed by atoms with Crippen molar-refractivity contribution in [1.82, 2.24) is 15.4 Å². The summed E-state index contributed by atoms with van der Waals surface area (Å²) in [6.45, 7) is 0. The third kappa shape index (κ3) is 4.06. The summed E-state index contributed by atoms with van der Waals surface area (Å²) in [5.74, 6) is 0.683. The van der Waals surface area contributed by atoms with Crippen LogP contribution in [0.15, 0.2) is 24.4 Å². The summed E-state index contributed by atoms with van der Waals surface area (Å²) in [5, 5.41) is 6.33. The number of unbranched alkanes of at least 4 members (excludes halogenated alkanes) is 1. The number of carbonyl (C=O) groups excluding carboxylic acids is 2. The fourth-order valence-corrected chi connectivity index (χ4v) is 4.62. The molecule has 23 heavy (non-hydrogen) atoms. The number of nitrogens with one attached hydrogen (secondary N) is 2. The Kier molecular flexibility index (Phi) is 5.22. The van der Waals surface area contributed by atoms with E-state index in [1.54, 1.807) is 24.4 Å². The van der Waals surface area contributed by atoms with Crippen molar-refractivity contribution in [3.63, 3.8) is 0 Å². The van der Waals surface area contributed by atoms with E-state index in [1.807, 2.05) is 11.8 Å². The van der Waals surface area contributed by atoms with E-state index in [-0.39, 0.29) is 24.1 Å². The number of fused-ring (bicyclic) bond motifs is 1. The van der Waals surface area contributed by atoms with Gasteiger partial charge in [0, 0.05) is 23.6 Å². The Labute approximate surface area is 143 Å². The Morgan fingerprint density at radius 2 is 2.26 bits per heavy atom. The van der Waals surface area contributed by atoms with E-state index < -0.39 is 0 Å². The smallest absolute Gasteiger partial charge is 0.332 e. The zero-order valence-electron chi connectivity index (χ0n) is 12.6. The van der Waals surface area contributed by atoms with Crippen LogP contribution in [0.3, 0.4) is 0 Å². The Hall–Kier alpha value is -1.54. The molecule has 0 saturated carbocycles. The number of hydrogen-bond donors (Lipinski definition) is 2. The van der Waals surface area contributed by atoms with Crippen molar-refractivity contribution in [2.75, 3.05) is 5.75 Å². The molecular formula is C15H19N3O3S2. The highest BCUT2D eigenvalue weighted by Crippen LogP contribution is 2.33. The first-order chi connectivity index (χ1) is 11.1. The van der Waals surface area contributed by atoms with Gasteiger partial charge in [-0.3, -0.25) is 0 Å². The van der Waals surface area contributed by atoms with Gasteiger partial charge >= 0.3 is 12.0 Å². The predicted molar refractivity (Wildman–Crippen MR) is 90.8 cm³/mol. The number of urea groups is 1. The molecule has 3 rings (SSSR count). The van der Waals surface area contributed by atoms with Gasteiger partial charge in [0.2, 0.25) is 0 Å². The first-order valence-corrected chi connectivity index (χ1v) is 9.16. The quantitative estimate of drug-likeness (QED) is 0.464. The standard InChI is InChI=1S/C15H19N3O3S2/c19-13(21-18-8-4-3-6-12(18)22)7-2-1-5-11-14-10(9-23-11)16-15(20)17-14/h3-4,6,8,10-11,14H,1-2,5,7,9H2,(H2,16,17,20)/t10-,11-,14-/m0/s1. The molecule has 0 aromatic carbocycles. The molecule has 2 fully saturated rings. The van der Waals surface area contributed by atoms with Crippen LogP contribution in [0.4, 0.5) is 4.79 Å². The SMILES string of the molecule is O=C1N[C@H]2[C@H](CS[C@H]2CCCCC(=O)On2ccccc2=S)N1. The van der Waals surface area contributed by atoms with Crippen molar-refractivity contribution in [2.24, 2.45) is 0 Å². The third-order valence-corrected chi connectivity index (χ3v) is 5.87. The van der Waals surface area contributed by atoms with Crippen LogP contribution in [0, 0.1) is 4.64 Å². The number of amides is 2. The summed E-state index contributed by atoms with van der Waals surface area (Å²) < 4.78 is 1.79. The summed E-state index contributed by atoms with van der Waals surface area (Å²) in [4.78, 5) is 28.3. The second-order valence-corrected chi connectivity index (χ2v) is 7.39. The number of hydrogen-bond acceptors (Lipinski definition) is 5. The molecule has 0 unspecified atom stereocenters. The average Bonchev–Trinajstić information content (AvgIpc) is 3.06. The third-order valence-electron chi connectivity index (χ3n) is 4.05. The normalized spacial score (nSPS) is 25.6. The Bertz CT molecular complexity index is 649. The van der Waals surface area contributed by atoms with Gasteiger partial charge < -0.3 is 15.5 Å². The van der Waals surface area contributed by atoms with Crippen molar-refractivity contribution in [3.8, 4) is 0 Å². The highest BCUT2D eigenvalue weighted by molar-refractivity contribution is 8.00. The molecule has 2 aliphatic rings. The van der Waals surface area contributed by atoms with Crippen LogP contribution in [0.5, 0.6) is 0 Å². The highest BCUT2D eigenvalue weighted by atomic mass is 32.2. The minimum absolute atomic E-state index is 0.0616. The van der Waals surface area contributed by atoms with E-state index in [0.717, 1.165) is 25.0 Å². The molecule has 8 heteroatoms. The first kappa shape index (κ1) is 16.3. The van der Waals surface area contributed by atoms with Crippen molar-refractivity contribution in [1.29, 1.82) is 0 Å². The summed E-state index contributed by atoms with van der Waals surface area (Å²) in [6.07, 6.45) is 4.70. The van der Waals surface area contributed by atoms with Crippen LogP contribution in [0.2, 0.25) is 0 Å².